The van der Waals surface area contributed by atoms with E-state index >= 15 is 0 Å². The Kier molecular flexibility index (Phi) is 4.32. The molecule has 0 unspecified atom stereocenters. The minimum atomic E-state index is -0.189. The Morgan fingerprint density at radius 2 is 1.77 bits per heavy atom. The van der Waals surface area contributed by atoms with Crippen LogP contribution in [0.1, 0.15) is 27.0 Å². The highest BCUT2D eigenvalue weighted by atomic mass is 16.5. The number of rotatable bonds is 5. The summed E-state index contributed by atoms with van der Waals surface area (Å²) in [6, 6.07) is 7.19. The van der Waals surface area contributed by atoms with Crippen molar-refractivity contribution in [2.45, 2.75) is 19.4 Å². The van der Waals surface area contributed by atoms with Crippen molar-refractivity contribution in [3.05, 3.63) is 46.5 Å². The SMILES string of the molecule is COc1cc(OC)cc(C(=O)NCc2c3c(cc4c2OCC4)OCC3)c1. The normalized spacial score (nSPS) is 14.1. The number of nitrogens with one attached hydrogen (secondary N) is 1. The molecule has 2 aromatic carbocycles. The van der Waals surface area contributed by atoms with Gasteiger partial charge in [-0.1, -0.05) is 0 Å². The van der Waals surface area contributed by atoms with Gasteiger partial charge in [-0.2, -0.15) is 0 Å². The average Bonchev–Trinajstić information content (AvgIpc) is 3.33. The standard InChI is InChI=1S/C20H21NO5/c1-23-14-7-13(8-15(10-14)24-2)20(22)21-11-17-16-4-6-25-18(16)9-12-3-5-26-19(12)17/h7-10H,3-6,11H2,1-2H3,(H,21,22). The van der Waals surface area contributed by atoms with Crippen molar-refractivity contribution < 1.29 is 23.7 Å². The summed E-state index contributed by atoms with van der Waals surface area (Å²) < 4.78 is 22.0. The number of amides is 1. The van der Waals surface area contributed by atoms with Gasteiger partial charge < -0.3 is 24.3 Å². The highest BCUT2D eigenvalue weighted by molar-refractivity contribution is 5.95. The van der Waals surface area contributed by atoms with E-state index in [1.165, 1.54) is 0 Å². The van der Waals surface area contributed by atoms with Gasteiger partial charge in [-0.15, -0.1) is 0 Å². The smallest absolute Gasteiger partial charge is 0.251 e. The van der Waals surface area contributed by atoms with E-state index < -0.39 is 0 Å². The third-order valence-electron chi connectivity index (χ3n) is 4.80. The number of carbonyl (C=O) groups excluding carboxylic acids is 1. The zero-order valence-electron chi connectivity index (χ0n) is 14.9. The van der Waals surface area contributed by atoms with Crippen molar-refractivity contribution in [3.63, 3.8) is 0 Å². The summed E-state index contributed by atoms with van der Waals surface area (Å²) in [6.45, 7) is 1.74. The van der Waals surface area contributed by atoms with Gasteiger partial charge in [-0.25, -0.2) is 0 Å². The van der Waals surface area contributed by atoms with E-state index in [1.807, 2.05) is 0 Å². The van der Waals surface area contributed by atoms with Crippen LogP contribution in [0.25, 0.3) is 0 Å². The molecular weight excluding hydrogens is 334 g/mol. The van der Waals surface area contributed by atoms with Gasteiger partial charge in [0, 0.05) is 47.7 Å². The summed E-state index contributed by atoms with van der Waals surface area (Å²) in [5.74, 6) is 2.78. The van der Waals surface area contributed by atoms with E-state index in [9.17, 15) is 4.79 Å². The first-order chi connectivity index (χ1) is 12.7. The summed E-state index contributed by atoms with van der Waals surface area (Å²) >= 11 is 0. The predicted octanol–water partition coefficient (Wildman–Crippen LogP) is 2.50. The van der Waals surface area contributed by atoms with E-state index in [0.717, 1.165) is 41.0 Å². The fraction of sp³-hybridized carbons (Fsp3) is 0.350. The molecule has 0 fully saturated rings. The molecule has 1 amide bonds. The van der Waals surface area contributed by atoms with Crippen LogP contribution in [0.2, 0.25) is 0 Å². The molecule has 0 saturated heterocycles. The van der Waals surface area contributed by atoms with E-state index in [-0.39, 0.29) is 5.91 Å². The van der Waals surface area contributed by atoms with Gasteiger partial charge in [0.2, 0.25) is 0 Å². The quantitative estimate of drug-likeness (QED) is 0.893. The monoisotopic (exact) mass is 355 g/mol. The van der Waals surface area contributed by atoms with Crippen LogP contribution in [0.3, 0.4) is 0 Å². The average molecular weight is 355 g/mol. The zero-order valence-corrected chi connectivity index (χ0v) is 14.9. The largest absolute Gasteiger partial charge is 0.497 e. The minimum absolute atomic E-state index is 0.189. The van der Waals surface area contributed by atoms with E-state index in [1.54, 1.807) is 32.4 Å². The molecule has 6 heteroatoms. The Hall–Kier alpha value is -2.89. The zero-order chi connectivity index (χ0) is 18.1. The molecule has 26 heavy (non-hydrogen) atoms. The number of methoxy groups -OCH3 is 2. The minimum Gasteiger partial charge on any atom is -0.497 e. The molecule has 0 saturated carbocycles. The summed E-state index contributed by atoms with van der Waals surface area (Å²) in [5, 5.41) is 2.99. The van der Waals surface area contributed by atoms with Gasteiger partial charge >= 0.3 is 0 Å². The van der Waals surface area contributed by atoms with Crippen LogP contribution in [-0.2, 0) is 19.4 Å². The van der Waals surface area contributed by atoms with E-state index in [4.69, 9.17) is 18.9 Å². The third kappa shape index (κ3) is 2.92. The lowest BCUT2D eigenvalue weighted by molar-refractivity contribution is 0.0950. The Morgan fingerprint density at radius 3 is 2.50 bits per heavy atom. The molecule has 2 aliphatic rings. The molecule has 2 heterocycles. The van der Waals surface area contributed by atoms with Crippen LogP contribution in [-0.4, -0.2) is 33.3 Å². The van der Waals surface area contributed by atoms with Crippen molar-refractivity contribution in [2.75, 3.05) is 27.4 Å². The lowest BCUT2D eigenvalue weighted by Crippen LogP contribution is -2.23. The molecule has 0 atom stereocenters. The molecule has 4 rings (SSSR count). The topological polar surface area (TPSA) is 66.0 Å². The Bertz CT molecular complexity index is 807. The molecule has 2 aliphatic heterocycles. The highest BCUT2D eigenvalue weighted by Gasteiger charge is 2.26. The van der Waals surface area contributed by atoms with Crippen LogP contribution in [0.15, 0.2) is 24.3 Å². The lowest BCUT2D eigenvalue weighted by Gasteiger charge is -2.14. The van der Waals surface area contributed by atoms with E-state index in [0.29, 0.717) is 36.8 Å². The summed E-state index contributed by atoms with van der Waals surface area (Å²) in [5.41, 5.74) is 3.80. The molecule has 6 nitrogen and oxygen atoms in total. The van der Waals surface area contributed by atoms with Gasteiger partial charge in [0.15, 0.2) is 0 Å². The number of hydrogen-bond acceptors (Lipinski definition) is 5. The molecule has 0 spiro atoms. The molecule has 136 valence electrons. The Labute approximate surface area is 152 Å². The van der Waals surface area contributed by atoms with Crippen molar-refractivity contribution in [1.29, 1.82) is 0 Å². The maximum absolute atomic E-state index is 12.7. The van der Waals surface area contributed by atoms with Crippen LogP contribution < -0.4 is 24.3 Å². The summed E-state index contributed by atoms with van der Waals surface area (Å²) in [6.07, 6.45) is 1.71. The van der Waals surface area contributed by atoms with Crippen molar-refractivity contribution in [1.82, 2.24) is 5.32 Å². The van der Waals surface area contributed by atoms with Crippen LogP contribution in [0.4, 0.5) is 0 Å². The molecule has 0 aromatic heterocycles. The molecule has 0 aliphatic carbocycles. The van der Waals surface area contributed by atoms with Crippen molar-refractivity contribution in [2.24, 2.45) is 0 Å². The van der Waals surface area contributed by atoms with Gasteiger partial charge in [-0.3, -0.25) is 4.79 Å². The maximum atomic E-state index is 12.7. The molecule has 2 aromatic rings. The molecule has 0 bridgehead atoms. The number of hydrogen-bond donors (Lipinski definition) is 1. The second kappa shape index (κ2) is 6.78. The van der Waals surface area contributed by atoms with Gasteiger partial charge in [-0.05, 0) is 18.2 Å². The summed E-state index contributed by atoms with van der Waals surface area (Å²) in [4.78, 5) is 12.7. The van der Waals surface area contributed by atoms with E-state index in [2.05, 4.69) is 11.4 Å². The van der Waals surface area contributed by atoms with Crippen molar-refractivity contribution in [3.8, 4) is 23.0 Å². The second-order valence-electron chi connectivity index (χ2n) is 6.30. The van der Waals surface area contributed by atoms with Crippen LogP contribution >= 0.6 is 0 Å². The number of benzene rings is 2. The first-order valence-electron chi connectivity index (χ1n) is 8.64. The fourth-order valence-electron chi connectivity index (χ4n) is 3.48. The number of fused-ring (bicyclic) bond motifs is 2. The lowest BCUT2D eigenvalue weighted by atomic mass is 9.99. The van der Waals surface area contributed by atoms with Gasteiger partial charge in [0.25, 0.3) is 5.91 Å². The number of ether oxygens (including phenoxy) is 4. The van der Waals surface area contributed by atoms with Gasteiger partial charge in [0.05, 0.1) is 27.4 Å². The Balaban J connectivity index is 1.58. The summed E-state index contributed by atoms with van der Waals surface area (Å²) in [7, 11) is 3.12. The maximum Gasteiger partial charge on any atom is 0.251 e. The van der Waals surface area contributed by atoms with Crippen molar-refractivity contribution >= 4 is 5.91 Å². The molecular formula is C20H21NO5. The number of carbonyl (C=O) groups is 1. The van der Waals surface area contributed by atoms with Crippen LogP contribution in [0.5, 0.6) is 23.0 Å². The second-order valence-corrected chi connectivity index (χ2v) is 6.30. The fourth-order valence-corrected chi connectivity index (χ4v) is 3.48. The Morgan fingerprint density at radius 1 is 1.04 bits per heavy atom. The van der Waals surface area contributed by atoms with Crippen LogP contribution in [0, 0.1) is 0 Å². The first-order valence-corrected chi connectivity index (χ1v) is 8.64. The van der Waals surface area contributed by atoms with Gasteiger partial charge in [0.1, 0.15) is 23.0 Å². The molecule has 0 radical (unpaired) electrons. The predicted molar refractivity (Wildman–Crippen MR) is 95.6 cm³/mol. The molecule has 1 N–H and O–H groups in total. The third-order valence-corrected chi connectivity index (χ3v) is 4.80. The first kappa shape index (κ1) is 16.6. The highest BCUT2D eigenvalue weighted by Crippen LogP contribution is 2.40.